The molecule has 0 bridgehead atoms. The number of hydrogen-bond donors (Lipinski definition) is 2. The summed E-state index contributed by atoms with van der Waals surface area (Å²) in [6.07, 6.45) is 6.56. The second-order valence-electron chi connectivity index (χ2n) is 2.77. The maximum absolute atomic E-state index is 5.48. The van der Waals surface area contributed by atoms with Gasteiger partial charge in [0.1, 0.15) is 0 Å². The van der Waals surface area contributed by atoms with E-state index in [4.69, 9.17) is 5.73 Å². The predicted molar refractivity (Wildman–Crippen MR) is 63.3 cm³/mol. The van der Waals surface area contributed by atoms with Crippen LogP contribution in [0.1, 0.15) is 5.56 Å². The number of aromatic amines is 1. The van der Waals surface area contributed by atoms with Gasteiger partial charge in [0.15, 0.2) is 0 Å². The first-order valence-corrected chi connectivity index (χ1v) is 4.02. The van der Waals surface area contributed by atoms with E-state index in [1.807, 2.05) is 18.5 Å². The normalized spacial score (nSPS) is 9.21. The van der Waals surface area contributed by atoms with Crippen molar-refractivity contribution < 1.29 is 0 Å². The standard InChI is InChI=1S/C9H11N3.2ClH/c10-3-1-7-5-12-9-2-4-11-6-8(7)9;;/h2,4-6,12H,1,3,10H2;2*1H. The first kappa shape index (κ1) is 13.2. The molecule has 0 aromatic carbocycles. The van der Waals surface area contributed by atoms with E-state index in [0.29, 0.717) is 6.54 Å². The summed E-state index contributed by atoms with van der Waals surface area (Å²) in [4.78, 5) is 7.24. The zero-order valence-electron chi connectivity index (χ0n) is 7.56. The molecule has 3 nitrogen and oxygen atoms in total. The Bertz CT molecular complexity index is 386. The van der Waals surface area contributed by atoms with Gasteiger partial charge in [-0.25, -0.2) is 0 Å². The first-order valence-electron chi connectivity index (χ1n) is 4.02. The number of hydrogen-bond acceptors (Lipinski definition) is 2. The molecule has 0 saturated heterocycles. The van der Waals surface area contributed by atoms with Crippen LogP contribution in [0.25, 0.3) is 10.9 Å². The maximum Gasteiger partial charge on any atom is 0.0487 e. The van der Waals surface area contributed by atoms with E-state index in [0.717, 1.165) is 11.9 Å². The molecule has 3 N–H and O–H groups in total. The lowest BCUT2D eigenvalue weighted by Crippen LogP contribution is -2.01. The van der Waals surface area contributed by atoms with Crippen molar-refractivity contribution in [2.24, 2.45) is 5.73 Å². The third-order valence-corrected chi connectivity index (χ3v) is 1.98. The summed E-state index contributed by atoms with van der Waals surface area (Å²) < 4.78 is 0. The minimum atomic E-state index is 0. The molecule has 0 atom stereocenters. The van der Waals surface area contributed by atoms with E-state index >= 15 is 0 Å². The Morgan fingerprint density at radius 2 is 2.14 bits per heavy atom. The molecule has 5 heteroatoms. The summed E-state index contributed by atoms with van der Waals surface area (Å²) in [6, 6.07) is 1.97. The highest BCUT2D eigenvalue weighted by Gasteiger charge is 2.00. The first-order chi connectivity index (χ1) is 5.92. The van der Waals surface area contributed by atoms with E-state index in [1.54, 1.807) is 6.20 Å². The van der Waals surface area contributed by atoms with Crippen LogP contribution >= 0.6 is 24.8 Å². The molecular weight excluding hydrogens is 221 g/mol. The quantitative estimate of drug-likeness (QED) is 0.833. The summed E-state index contributed by atoms with van der Waals surface area (Å²) in [6.45, 7) is 0.682. The lowest BCUT2D eigenvalue weighted by molar-refractivity contribution is 0.976. The van der Waals surface area contributed by atoms with Crippen molar-refractivity contribution in [2.45, 2.75) is 6.42 Å². The summed E-state index contributed by atoms with van der Waals surface area (Å²) in [5.41, 5.74) is 7.86. The van der Waals surface area contributed by atoms with Crippen molar-refractivity contribution in [1.29, 1.82) is 0 Å². The Labute approximate surface area is 94.9 Å². The predicted octanol–water partition coefficient (Wildman–Crippen LogP) is 1.91. The second kappa shape index (κ2) is 5.86. The number of pyridine rings is 1. The van der Waals surface area contributed by atoms with Crippen molar-refractivity contribution in [3.8, 4) is 0 Å². The number of nitrogens with zero attached hydrogens (tertiary/aromatic N) is 1. The van der Waals surface area contributed by atoms with Gasteiger partial charge < -0.3 is 10.7 Å². The van der Waals surface area contributed by atoms with Gasteiger partial charge in [0, 0.05) is 29.5 Å². The zero-order chi connectivity index (χ0) is 8.39. The molecule has 2 aromatic rings. The van der Waals surface area contributed by atoms with E-state index < -0.39 is 0 Å². The Morgan fingerprint density at radius 1 is 1.36 bits per heavy atom. The highest BCUT2D eigenvalue weighted by atomic mass is 35.5. The van der Waals surface area contributed by atoms with Crippen LogP contribution in [0.5, 0.6) is 0 Å². The number of nitrogens with two attached hydrogens (primary N) is 1. The number of rotatable bonds is 2. The number of H-pyrrole nitrogens is 1. The lowest BCUT2D eigenvalue weighted by atomic mass is 10.2. The molecule has 0 unspecified atom stereocenters. The average Bonchev–Trinajstić information content (AvgIpc) is 2.50. The van der Waals surface area contributed by atoms with Crippen LogP contribution in [-0.2, 0) is 6.42 Å². The van der Waals surface area contributed by atoms with Crippen LogP contribution in [0.3, 0.4) is 0 Å². The molecule has 2 aromatic heterocycles. The fourth-order valence-electron chi connectivity index (χ4n) is 1.38. The van der Waals surface area contributed by atoms with Gasteiger partial charge in [-0.1, -0.05) is 0 Å². The summed E-state index contributed by atoms with van der Waals surface area (Å²) >= 11 is 0. The van der Waals surface area contributed by atoms with Crippen molar-refractivity contribution >= 4 is 35.7 Å². The molecular formula is C9H13Cl2N3. The van der Waals surface area contributed by atoms with Gasteiger partial charge in [-0.15, -0.1) is 24.8 Å². The van der Waals surface area contributed by atoms with Gasteiger partial charge in [0.05, 0.1) is 0 Å². The number of aromatic nitrogens is 2. The largest absolute Gasteiger partial charge is 0.361 e. The highest BCUT2D eigenvalue weighted by Crippen LogP contribution is 2.15. The topological polar surface area (TPSA) is 54.7 Å². The smallest absolute Gasteiger partial charge is 0.0487 e. The maximum atomic E-state index is 5.48. The molecule has 0 aliphatic rings. The average molecular weight is 234 g/mol. The third-order valence-electron chi connectivity index (χ3n) is 1.98. The van der Waals surface area contributed by atoms with Gasteiger partial charge in [0.25, 0.3) is 0 Å². The van der Waals surface area contributed by atoms with Crippen LogP contribution < -0.4 is 5.73 Å². The molecule has 2 rings (SSSR count). The van der Waals surface area contributed by atoms with Crippen molar-refractivity contribution in [2.75, 3.05) is 6.54 Å². The summed E-state index contributed by atoms with van der Waals surface area (Å²) in [5.74, 6) is 0. The summed E-state index contributed by atoms with van der Waals surface area (Å²) in [5, 5.41) is 1.18. The van der Waals surface area contributed by atoms with E-state index in [2.05, 4.69) is 9.97 Å². The highest BCUT2D eigenvalue weighted by molar-refractivity contribution is 5.85. The molecule has 78 valence electrons. The molecule has 0 radical (unpaired) electrons. The molecule has 2 heterocycles. The SMILES string of the molecule is Cl.Cl.NCCc1c[nH]c2ccncc12. The van der Waals surface area contributed by atoms with Gasteiger partial charge in [0.2, 0.25) is 0 Å². The lowest BCUT2D eigenvalue weighted by Gasteiger charge is -1.93. The van der Waals surface area contributed by atoms with Crippen LogP contribution in [0.2, 0.25) is 0 Å². The van der Waals surface area contributed by atoms with E-state index in [-0.39, 0.29) is 24.8 Å². The number of halogens is 2. The Hall–Kier alpha value is -0.770. The minimum absolute atomic E-state index is 0. The van der Waals surface area contributed by atoms with Gasteiger partial charge in [-0.05, 0) is 24.6 Å². The van der Waals surface area contributed by atoms with Crippen molar-refractivity contribution in [3.05, 3.63) is 30.2 Å². The monoisotopic (exact) mass is 233 g/mol. The van der Waals surface area contributed by atoms with Crippen molar-refractivity contribution in [1.82, 2.24) is 9.97 Å². The van der Waals surface area contributed by atoms with Crippen LogP contribution in [0, 0.1) is 0 Å². The molecule has 14 heavy (non-hydrogen) atoms. The third kappa shape index (κ3) is 2.38. The van der Waals surface area contributed by atoms with Crippen molar-refractivity contribution in [3.63, 3.8) is 0 Å². The van der Waals surface area contributed by atoms with Crippen LogP contribution in [0.4, 0.5) is 0 Å². The molecule has 0 aliphatic carbocycles. The van der Waals surface area contributed by atoms with Crippen LogP contribution in [-0.4, -0.2) is 16.5 Å². The molecule has 0 amide bonds. The Balaban J connectivity index is 0.000000845. The second-order valence-corrected chi connectivity index (χ2v) is 2.77. The Morgan fingerprint density at radius 3 is 2.86 bits per heavy atom. The van der Waals surface area contributed by atoms with Gasteiger partial charge in [-0.2, -0.15) is 0 Å². The number of nitrogens with one attached hydrogen (secondary N) is 1. The minimum Gasteiger partial charge on any atom is -0.361 e. The Kier molecular flexibility index (Phi) is 5.53. The van der Waals surface area contributed by atoms with Gasteiger partial charge >= 0.3 is 0 Å². The zero-order valence-corrected chi connectivity index (χ0v) is 9.20. The van der Waals surface area contributed by atoms with Gasteiger partial charge in [-0.3, -0.25) is 4.98 Å². The molecule has 0 fully saturated rings. The molecule has 0 aliphatic heterocycles. The van der Waals surface area contributed by atoms with Crippen LogP contribution in [0.15, 0.2) is 24.7 Å². The summed E-state index contributed by atoms with van der Waals surface area (Å²) in [7, 11) is 0. The number of fused-ring (bicyclic) bond motifs is 1. The fraction of sp³-hybridized carbons (Fsp3) is 0.222. The molecule has 0 saturated carbocycles. The van der Waals surface area contributed by atoms with E-state index in [9.17, 15) is 0 Å². The molecule has 0 spiro atoms. The van der Waals surface area contributed by atoms with E-state index in [1.165, 1.54) is 10.9 Å². The fourth-order valence-corrected chi connectivity index (χ4v) is 1.38.